The lowest BCUT2D eigenvalue weighted by Gasteiger charge is -2.17. The fraction of sp³-hybridized carbons (Fsp3) is 0.167. The van der Waals surface area contributed by atoms with Crippen LogP contribution < -0.4 is 0 Å². The standard InChI is InChI=1S/C24H17F2N3S/c25-16-7-14-4-2-1-3-13-9-21-15(11-28-29-21)8-18(13)23-17-5-6-30-24(17)19(12-27-23)22(14)20(26)10-16/h5-12H,1-4H2,(H,28,29). The normalized spacial score (nSPS) is 13.8. The van der Waals surface area contributed by atoms with Crippen molar-refractivity contribution in [2.75, 3.05) is 0 Å². The third-order valence-electron chi connectivity index (χ3n) is 5.96. The van der Waals surface area contributed by atoms with Crippen LogP contribution in [0, 0.1) is 11.6 Å². The first-order valence-corrected chi connectivity index (χ1v) is 10.9. The van der Waals surface area contributed by atoms with Gasteiger partial charge in [-0.2, -0.15) is 5.10 Å². The molecule has 0 aliphatic carbocycles. The first-order valence-electron chi connectivity index (χ1n) is 10.00. The lowest BCUT2D eigenvalue weighted by Crippen LogP contribution is -2.01. The molecule has 30 heavy (non-hydrogen) atoms. The van der Waals surface area contributed by atoms with Gasteiger partial charge in [-0.1, -0.05) is 0 Å². The number of H-pyrrole nitrogens is 1. The summed E-state index contributed by atoms with van der Waals surface area (Å²) in [5.74, 6) is -1.05. The monoisotopic (exact) mass is 417 g/mol. The average molecular weight is 417 g/mol. The molecule has 0 amide bonds. The topological polar surface area (TPSA) is 41.6 Å². The van der Waals surface area contributed by atoms with E-state index >= 15 is 0 Å². The van der Waals surface area contributed by atoms with Crippen molar-refractivity contribution in [3.63, 3.8) is 0 Å². The quantitative estimate of drug-likeness (QED) is 0.306. The summed E-state index contributed by atoms with van der Waals surface area (Å²) in [6.45, 7) is 0. The van der Waals surface area contributed by atoms with Crippen molar-refractivity contribution in [2.45, 2.75) is 25.7 Å². The number of aryl methyl sites for hydroxylation is 2. The Labute approximate surface area is 175 Å². The number of hydrogen-bond donors (Lipinski definition) is 1. The minimum Gasteiger partial charge on any atom is -0.278 e. The molecule has 0 spiro atoms. The van der Waals surface area contributed by atoms with Crippen molar-refractivity contribution in [2.24, 2.45) is 0 Å². The van der Waals surface area contributed by atoms with Crippen molar-refractivity contribution >= 4 is 32.3 Å². The molecule has 2 bridgehead atoms. The molecule has 5 aromatic rings. The van der Waals surface area contributed by atoms with Gasteiger partial charge in [-0.25, -0.2) is 8.78 Å². The molecular formula is C24H17F2N3S. The lowest BCUT2D eigenvalue weighted by molar-refractivity contribution is 0.580. The van der Waals surface area contributed by atoms with E-state index in [4.69, 9.17) is 4.98 Å². The number of pyridine rings is 1. The number of aromatic nitrogens is 3. The van der Waals surface area contributed by atoms with Crippen LogP contribution >= 0.6 is 11.3 Å². The summed E-state index contributed by atoms with van der Waals surface area (Å²) < 4.78 is 30.0. The third-order valence-corrected chi connectivity index (χ3v) is 6.90. The Balaban J connectivity index is 1.69. The van der Waals surface area contributed by atoms with Gasteiger partial charge in [0.15, 0.2) is 0 Å². The highest BCUT2D eigenvalue weighted by atomic mass is 32.1. The number of thiophene rings is 1. The van der Waals surface area contributed by atoms with Crippen molar-refractivity contribution < 1.29 is 8.78 Å². The molecule has 6 rings (SSSR count). The highest BCUT2D eigenvalue weighted by Crippen LogP contribution is 2.42. The molecule has 0 fully saturated rings. The smallest absolute Gasteiger partial charge is 0.134 e. The number of aromatic amines is 1. The number of halogens is 2. The van der Waals surface area contributed by atoms with E-state index in [2.05, 4.69) is 22.3 Å². The van der Waals surface area contributed by atoms with Gasteiger partial charge in [0.1, 0.15) is 11.6 Å². The highest BCUT2D eigenvalue weighted by molar-refractivity contribution is 7.17. The Bertz CT molecular complexity index is 1430. The fourth-order valence-corrected chi connectivity index (χ4v) is 5.49. The van der Waals surface area contributed by atoms with Crippen LogP contribution in [0.2, 0.25) is 0 Å². The van der Waals surface area contributed by atoms with Crippen LogP contribution in [-0.2, 0) is 12.8 Å². The molecule has 4 heterocycles. The summed E-state index contributed by atoms with van der Waals surface area (Å²) in [6, 6.07) is 8.79. The summed E-state index contributed by atoms with van der Waals surface area (Å²) in [5, 5.41) is 11.3. The summed E-state index contributed by atoms with van der Waals surface area (Å²) in [4.78, 5) is 4.80. The number of nitrogens with zero attached hydrogens (tertiary/aromatic N) is 2. The van der Waals surface area contributed by atoms with Gasteiger partial charge in [-0.05, 0) is 66.5 Å². The zero-order valence-corrected chi connectivity index (χ0v) is 16.8. The van der Waals surface area contributed by atoms with E-state index in [-0.39, 0.29) is 0 Å². The van der Waals surface area contributed by atoms with Gasteiger partial charge >= 0.3 is 0 Å². The number of benzene rings is 2. The second kappa shape index (κ2) is 6.71. The zero-order chi connectivity index (χ0) is 20.2. The molecule has 0 atom stereocenters. The van der Waals surface area contributed by atoms with Gasteiger partial charge in [0.2, 0.25) is 0 Å². The van der Waals surface area contributed by atoms with Crippen LogP contribution in [0.1, 0.15) is 24.0 Å². The number of hydrogen-bond acceptors (Lipinski definition) is 3. The van der Waals surface area contributed by atoms with Crippen LogP contribution in [0.4, 0.5) is 8.78 Å². The summed E-state index contributed by atoms with van der Waals surface area (Å²) >= 11 is 1.57. The third kappa shape index (κ3) is 2.67. The minimum atomic E-state index is -0.530. The second-order valence-corrected chi connectivity index (χ2v) is 8.70. The molecule has 3 nitrogen and oxygen atoms in total. The SMILES string of the molecule is Fc1cc(F)c2c(c1)CCCCc1cc3[nH]ncc3cc1-c1ncc-2c2sccc12. The maximum atomic E-state index is 15.0. The van der Waals surface area contributed by atoms with Crippen molar-refractivity contribution in [3.05, 3.63) is 70.9 Å². The number of nitrogens with one attached hydrogen (secondary N) is 1. The second-order valence-electron chi connectivity index (χ2n) is 7.78. The maximum absolute atomic E-state index is 15.0. The van der Waals surface area contributed by atoms with Crippen molar-refractivity contribution in [1.82, 2.24) is 15.2 Å². The van der Waals surface area contributed by atoms with E-state index < -0.39 is 11.6 Å². The van der Waals surface area contributed by atoms with E-state index in [0.29, 0.717) is 17.5 Å². The van der Waals surface area contributed by atoms with Gasteiger partial charge in [0.25, 0.3) is 0 Å². The van der Waals surface area contributed by atoms with Crippen LogP contribution in [0.25, 0.3) is 43.4 Å². The molecule has 0 saturated carbocycles. The largest absolute Gasteiger partial charge is 0.278 e. The van der Waals surface area contributed by atoms with Crippen molar-refractivity contribution in [3.8, 4) is 22.4 Å². The van der Waals surface area contributed by atoms with Gasteiger partial charge < -0.3 is 0 Å². The number of rotatable bonds is 0. The van der Waals surface area contributed by atoms with Gasteiger partial charge in [-0.15, -0.1) is 11.3 Å². The fourth-order valence-electron chi connectivity index (χ4n) is 4.57. The first kappa shape index (κ1) is 17.7. The Morgan fingerprint density at radius 1 is 0.933 bits per heavy atom. The molecule has 148 valence electrons. The van der Waals surface area contributed by atoms with Gasteiger partial charge in [-0.3, -0.25) is 10.1 Å². The maximum Gasteiger partial charge on any atom is 0.134 e. The minimum absolute atomic E-state index is 0.481. The molecule has 1 aliphatic rings. The molecule has 3 aromatic heterocycles. The summed E-state index contributed by atoms with van der Waals surface area (Å²) in [6.07, 6.45) is 6.84. The molecule has 0 radical (unpaired) electrons. The van der Waals surface area contributed by atoms with Crippen LogP contribution in [-0.4, -0.2) is 15.2 Å². The van der Waals surface area contributed by atoms with E-state index in [0.717, 1.165) is 63.1 Å². The molecule has 1 N–H and O–H groups in total. The average Bonchev–Trinajstić information content (AvgIpc) is 3.38. The molecule has 6 heteroatoms. The first-order chi connectivity index (χ1) is 14.7. The molecule has 2 aromatic carbocycles. The van der Waals surface area contributed by atoms with Gasteiger partial charge in [0.05, 0.1) is 17.4 Å². The zero-order valence-electron chi connectivity index (χ0n) is 16.0. The van der Waals surface area contributed by atoms with E-state index in [9.17, 15) is 8.78 Å². The van der Waals surface area contributed by atoms with Crippen LogP contribution in [0.5, 0.6) is 0 Å². The van der Waals surface area contributed by atoms with Gasteiger partial charge in [0, 0.05) is 44.4 Å². The molecule has 0 saturated heterocycles. The Kier molecular flexibility index (Phi) is 3.96. The predicted molar refractivity (Wildman–Crippen MR) is 117 cm³/mol. The number of fused-ring (bicyclic) bond motifs is 11. The highest BCUT2D eigenvalue weighted by Gasteiger charge is 2.21. The molecule has 1 aliphatic heterocycles. The Morgan fingerprint density at radius 3 is 2.70 bits per heavy atom. The summed E-state index contributed by atoms with van der Waals surface area (Å²) in [5.41, 5.74) is 6.15. The molecule has 0 unspecified atom stereocenters. The predicted octanol–water partition coefficient (Wildman–Crippen LogP) is 6.66. The van der Waals surface area contributed by atoms with E-state index in [1.807, 2.05) is 17.6 Å². The van der Waals surface area contributed by atoms with E-state index in [1.54, 1.807) is 17.5 Å². The summed E-state index contributed by atoms with van der Waals surface area (Å²) in [7, 11) is 0. The lowest BCUT2D eigenvalue weighted by atomic mass is 9.90. The van der Waals surface area contributed by atoms with E-state index in [1.165, 1.54) is 11.6 Å². The Hall–Kier alpha value is -3.12. The van der Waals surface area contributed by atoms with Crippen LogP contribution in [0.15, 0.2) is 48.1 Å². The molecular weight excluding hydrogens is 400 g/mol. The van der Waals surface area contributed by atoms with Crippen molar-refractivity contribution in [1.29, 1.82) is 0 Å². The van der Waals surface area contributed by atoms with Crippen LogP contribution in [0.3, 0.4) is 0 Å². The Morgan fingerprint density at radius 2 is 1.80 bits per heavy atom.